The number of benzene rings is 1. The van der Waals surface area contributed by atoms with Crippen molar-refractivity contribution in [2.45, 2.75) is 25.6 Å². The Morgan fingerprint density at radius 1 is 1.33 bits per heavy atom. The number of nitrogens with one attached hydrogen (secondary N) is 1. The molecule has 1 aromatic carbocycles. The summed E-state index contributed by atoms with van der Waals surface area (Å²) in [5, 5.41) is 3.30. The lowest BCUT2D eigenvalue weighted by Gasteiger charge is -2.33. The van der Waals surface area contributed by atoms with Crippen LogP contribution in [-0.2, 0) is 11.0 Å². The summed E-state index contributed by atoms with van der Waals surface area (Å²) in [7, 11) is -2.02. The number of para-hydroxylation sites is 1. The second-order valence-electron chi connectivity index (χ2n) is 4.77. The molecule has 0 radical (unpaired) electrons. The van der Waals surface area contributed by atoms with Crippen LogP contribution in [0.1, 0.15) is 12.0 Å². The zero-order valence-electron chi connectivity index (χ0n) is 10.9. The smallest absolute Gasteiger partial charge is 0.395 e. The maximum absolute atomic E-state index is 6.09. The zero-order valence-corrected chi connectivity index (χ0v) is 11.9. The Hall–Kier alpha value is -0.883. The molecule has 1 aliphatic rings. The van der Waals surface area contributed by atoms with Gasteiger partial charge in [-0.1, -0.05) is 18.2 Å². The molecule has 18 heavy (non-hydrogen) atoms. The van der Waals surface area contributed by atoms with Gasteiger partial charge in [-0.3, -0.25) is 0 Å². The van der Waals surface area contributed by atoms with E-state index in [0.717, 1.165) is 36.9 Å². The van der Waals surface area contributed by atoms with E-state index >= 15 is 0 Å². The lowest BCUT2D eigenvalue weighted by molar-refractivity contribution is 0.204. The summed E-state index contributed by atoms with van der Waals surface area (Å²) in [6, 6.07) is 9.15. The molecule has 1 atom stereocenters. The van der Waals surface area contributed by atoms with Crippen LogP contribution in [0.4, 0.5) is 0 Å². The van der Waals surface area contributed by atoms with Crippen molar-refractivity contribution in [3.05, 3.63) is 29.8 Å². The second-order valence-corrected chi connectivity index (χ2v) is 8.03. The third kappa shape index (κ3) is 3.55. The van der Waals surface area contributed by atoms with Gasteiger partial charge in [0.25, 0.3) is 0 Å². The van der Waals surface area contributed by atoms with Crippen molar-refractivity contribution in [2.75, 3.05) is 19.6 Å². The Morgan fingerprint density at radius 2 is 2.17 bits per heavy atom. The average molecular weight is 266 g/mol. The highest BCUT2D eigenvalue weighted by molar-refractivity contribution is 6.66. The fourth-order valence-electron chi connectivity index (χ4n) is 2.10. The summed E-state index contributed by atoms with van der Waals surface area (Å²) in [6.07, 6.45) is 1.07. The van der Waals surface area contributed by atoms with Crippen molar-refractivity contribution in [3.63, 3.8) is 0 Å². The van der Waals surface area contributed by atoms with Crippen LogP contribution in [-0.4, -0.2) is 28.2 Å². The van der Waals surface area contributed by atoms with Crippen LogP contribution in [0.3, 0.4) is 0 Å². The van der Waals surface area contributed by atoms with Crippen LogP contribution in [0.5, 0.6) is 5.75 Å². The summed E-state index contributed by atoms with van der Waals surface area (Å²) in [4.78, 5) is 0. The highest BCUT2D eigenvalue weighted by Crippen LogP contribution is 2.31. The number of hydrogen-bond donors (Lipinski definition) is 2. The van der Waals surface area contributed by atoms with Crippen molar-refractivity contribution in [2.24, 2.45) is 5.73 Å². The predicted octanol–water partition coefficient (Wildman–Crippen LogP) is 1.61. The van der Waals surface area contributed by atoms with E-state index in [9.17, 15) is 0 Å². The van der Waals surface area contributed by atoms with Crippen molar-refractivity contribution in [1.29, 1.82) is 0 Å². The molecular weight excluding hydrogens is 244 g/mol. The van der Waals surface area contributed by atoms with Crippen LogP contribution in [0.25, 0.3) is 0 Å². The molecule has 0 amide bonds. The average Bonchev–Trinajstić information content (AvgIpc) is 2.38. The van der Waals surface area contributed by atoms with Crippen molar-refractivity contribution in [1.82, 2.24) is 5.32 Å². The summed E-state index contributed by atoms with van der Waals surface area (Å²) in [5.74, 6) is 1.01. The lowest BCUT2D eigenvalue weighted by Crippen LogP contribution is -2.45. The third-order valence-corrected chi connectivity index (χ3v) is 5.81. The summed E-state index contributed by atoms with van der Waals surface area (Å²) < 4.78 is 12.1. The van der Waals surface area contributed by atoms with E-state index in [1.165, 1.54) is 0 Å². The van der Waals surface area contributed by atoms with E-state index in [1.807, 2.05) is 18.2 Å². The van der Waals surface area contributed by atoms with Gasteiger partial charge in [0.15, 0.2) is 0 Å². The largest absolute Gasteiger partial charge is 0.520 e. The molecule has 0 saturated heterocycles. The van der Waals surface area contributed by atoms with E-state index in [-0.39, 0.29) is 0 Å². The van der Waals surface area contributed by atoms with Gasteiger partial charge < -0.3 is 19.9 Å². The Kier molecular flexibility index (Phi) is 4.77. The second kappa shape index (κ2) is 6.33. The van der Waals surface area contributed by atoms with Gasteiger partial charge in [0.2, 0.25) is 0 Å². The zero-order chi connectivity index (χ0) is 12.8. The molecule has 1 aliphatic heterocycles. The Labute approximate surface area is 110 Å². The first kappa shape index (κ1) is 13.5. The number of hydrogen-bond acceptors (Lipinski definition) is 4. The minimum atomic E-state index is -2.02. The molecule has 0 aliphatic carbocycles. The van der Waals surface area contributed by atoms with E-state index in [4.69, 9.17) is 14.6 Å². The van der Waals surface area contributed by atoms with Crippen molar-refractivity contribution in [3.8, 4) is 5.75 Å². The Bertz CT molecular complexity index is 389. The normalized spacial score (nSPS) is 22.3. The summed E-state index contributed by atoms with van der Waals surface area (Å²) in [6.45, 7) is 5.38. The number of nitrogens with two attached hydrogens (primary N) is 1. The SMILES string of the molecule is C[Si]1(CCCNCCN)OCc2ccccc2O1. The van der Waals surface area contributed by atoms with Crippen LogP contribution in [0.15, 0.2) is 24.3 Å². The molecule has 4 nitrogen and oxygen atoms in total. The molecular formula is C13H22N2O2Si. The van der Waals surface area contributed by atoms with E-state index < -0.39 is 8.56 Å². The monoisotopic (exact) mass is 266 g/mol. The standard InChI is InChI=1S/C13H22N2O2Si/c1-18(10-4-8-15-9-7-14)16-11-12-5-2-3-6-13(12)17-18/h2-3,5-6,15H,4,7-11,14H2,1H3. The van der Waals surface area contributed by atoms with Crippen LogP contribution < -0.4 is 15.5 Å². The lowest BCUT2D eigenvalue weighted by atomic mass is 10.2. The molecule has 0 bridgehead atoms. The van der Waals surface area contributed by atoms with Gasteiger partial charge in [-0.2, -0.15) is 0 Å². The quantitative estimate of drug-likeness (QED) is 0.607. The topological polar surface area (TPSA) is 56.5 Å². The Morgan fingerprint density at radius 3 is 3.00 bits per heavy atom. The number of fused-ring (bicyclic) bond motifs is 1. The van der Waals surface area contributed by atoms with Gasteiger partial charge in [-0.05, 0) is 25.6 Å². The molecule has 0 spiro atoms. The molecule has 1 unspecified atom stereocenters. The summed E-state index contributed by atoms with van der Waals surface area (Å²) in [5.41, 5.74) is 6.59. The van der Waals surface area contributed by atoms with E-state index in [0.29, 0.717) is 13.2 Å². The first-order chi connectivity index (χ1) is 8.73. The highest BCUT2D eigenvalue weighted by Gasteiger charge is 2.36. The molecule has 0 saturated carbocycles. The van der Waals surface area contributed by atoms with Gasteiger partial charge in [-0.15, -0.1) is 0 Å². The molecule has 3 N–H and O–H groups in total. The highest BCUT2D eigenvalue weighted by atomic mass is 28.4. The summed E-state index contributed by atoms with van der Waals surface area (Å²) >= 11 is 0. The van der Waals surface area contributed by atoms with Gasteiger partial charge in [0.05, 0.1) is 6.61 Å². The number of rotatable bonds is 6. The molecule has 100 valence electrons. The van der Waals surface area contributed by atoms with Crippen molar-refractivity contribution < 1.29 is 8.85 Å². The van der Waals surface area contributed by atoms with E-state index in [2.05, 4.69) is 17.9 Å². The fraction of sp³-hybridized carbons (Fsp3) is 0.538. The third-order valence-electron chi connectivity index (χ3n) is 3.14. The minimum absolute atomic E-state index is 0.690. The van der Waals surface area contributed by atoms with Crippen LogP contribution in [0.2, 0.25) is 12.6 Å². The van der Waals surface area contributed by atoms with Gasteiger partial charge in [0, 0.05) is 24.7 Å². The van der Waals surface area contributed by atoms with Crippen molar-refractivity contribution >= 4 is 8.56 Å². The van der Waals surface area contributed by atoms with Gasteiger partial charge in [0.1, 0.15) is 5.75 Å². The van der Waals surface area contributed by atoms with Gasteiger partial charge >= 0.3 is 8.56 Å². The maximum atomic E-state index is 6.09. The fourth-order valence-corrected chi connectivity index (χ4v) is 4.35. The molecule has 5 heteroatoms. The first-order valence-corrected chi connectivity index (χ1v) is 9.07. The molecule has 1 heterocycles. The van der Waals surface area contributed by atoms with Gasteiger partial charge in [-0.25, -0.2) is 0 Å². The molecule has 2 rings (SSSR count). The van der Waals surface area contributed by atoms with Crippen LogP contribution >= 0.6 is 0 Å². The molecule has 0 fully saturated rings. The molecule has 1 aromatic rings. The van der Waals surface area contributed by atoms with E-state index in [1.54, 1.807) is 0 Å². The predicted molar refractivity (Wildman–Crippen MR) is 74.8 cm³/mol. The molecule has 0 aromatic heterocycles. The Balaban J connectivity index is 1.82. The van der Waals surface area contributed by atoms with Crippen LogP contribution in [0, 0.1) is 0 Å². The maximum Gasteiger partial charge on any atom is 0.395 e. The minimum Gasteiger partial charge on any atom is -0.520 e. The first-order valence-electron chi connectivity index (χ1n) is 6.55.